The normalized spacial score (nSPS) is 10.7. The molecule has 3 aromatic rings. The molecule has 1 N–H and O–H groups in total. The highest BCUT2D eigenvalue weighted by Gasteiger charge is 2.13. The van der Waals surface area contributed by atoms with Gasteiger partial charge in [-0.15, -0.1) is 11.3 Å². The van der Waals surface area contributed by atoms with Crippen LogP contribution in [0, 0.1) is 25.5 Å². The number of nitrogens with one attached hydrogen (secondary N) is 1. The number of hydrogen-bond acceptors (Lipinski definition) is 3. The van der Waals surface area contributed by atoms with Gasteiger partial charge in [-0.25, -0.2) is 13.8 Å². The second kappa shape index (κ2) is 6.49. The lowest BCUT2D eigenvalue weighted by molar-refractivity contribution is 0.102. The number of amides is 1. The van der Waals surface area contributed by atoms with Crippen molar-refractivity contribution in [3.63, 3.8) is 0 Å². The maximum Gasteiger partial charge on any atom is 0.257 e. The molecule has 0 radical (unpaired) electrons. The van der Waals surface area contributed by atoms with Crippen LogP contribution >= 0.6 is 11.3 Å². The topological polar surface area (TPSA) is 42.0 Å². The van der Waals surface area contributed by atoms with E-state index in [9.17, 15) is 13.6 Å². The van der Waals surface area contributed by atoms with Crippen LogP contribution in [0.5, 0.6) is 0 Å². The third-order valence-electron chi connectivity index (χ3n) is 3.58. The molecule has 1 amide bonds. The highest BCUT2D eigenvalue weighted by atomic mass is 32.1. The van der Waals surface area contributed by atoms with Gasteiger partial charge < -0.3 is 0 Å². The quantitative estimate of drug-likeness (QED) is 0.730. The SMILES string of the molecule is Cc1ccc(C)c(C(=O)Nc2nc(-c3ccc(F)c(F)c3)cs2)c1. The lowest BCUT2D eigenvalue weighted by Gasteiger charge is -2.06. The van der Waals surface area contributed by atoms with Crippen molar-refractivity contribution in [2.45, 2.75) is 13.8 Å². The Kier molecular flexibility index (Phi) is 4.40. The molecule has 3 nitrogen and oxygen atoms in total. The van der Waals surface area contributed by atoms with Crippen molar-refractivity contribution in [2.75, 3.05) is 5.32 Å². The van der Waals surface area contributed by atoms with Crippen molar-refractivity contribution in [1.82, 2.24) is 4.98 Å². The summed E-state index contributed by atoms with van der Waals surface area (Å²) in [7, 11) is 0. The average molecular weight is 344 g/mol. The molecule has 0 fully saturated rings. The number of hydrogen-bond donors (Lipinski definition) is 1. The van der Waals surface area contributed by atoms with Gasteiger partial charge in [-0.05, 0) is 43.7 Å². The molecule has 1 aromatic heterocycles. The predicted molar refractivity (Wildman–Crippen MR) is 91.3 cm³/mol. The molecule has 1 heterocycles. The Morgan fingerprint density at radius 2 is 1.88 bits per heavy atom. The van der Waals surface area contributed by atoms with E-state index in [4.69, 9.17) is 0 Å². The first kappa shape index (κ1) is 16.3. The number of nitrogens with zero attached hydrogens (tertiary/aromatic N) is 1. The van der Waals surface area contributed by atoms with Gasteiger partial charge in [0.1, 0.15) is 0 Å². The van der Waals surface area contributed by atoms with Crippen LogP contribution in [0.3, 0.4) is 0 Å². The van der Waals surface area contributed by atoms with Gasteiger partial charge in [0.25, 0.3) is 5.91 Å². The first-order chi connectivity index (χ1) is 11.4. The molecule has 0 aliphatic heterocycles. The Balaban J connectivity index is 1.82. The van der Waals surface area contributed by atoms with E-state index in [0.29, 0.717) is 22.0 Å². The Bertz CT molecular complexity index is 921. The Hall–Kier alpha value is -2.60. The fraction of sp³-hybridized carbons (Fsp3) is 0.111. The van der Waals surface area contributed by atoms with E-state index in [1.807, 2.05) is 32.0 Å². The van der Waals surface area contributed by atoms with Gasteiger partial charge in [-0.1, -0.05) is 17.7 Å². The third kappa shape index (κ3) is 3.33. The summed E-state index contributed by atoms with van der Waals surface area (Å²) in [6.45, 7) is 3.78. The first-order valence-electron chi connectivity index (χ1n) is 7.23. The maximum atomic E-state index is 13.3. The number of thiazole rings is 1. The summed E-state index contributed by atoms with van der Waals surface area (Å²) in [4.78, 5) is 16.6. The smallest absolute Gasteiger partial charge is 0.257 e. The molecule has 0 unspecified atom stereocenters. The molecule has 3 rings (SSSR count). The molecule has 24 heavy (non-hydrogen) atoms. The van der Waals surface area contributed by atoms with Crippen LogP contribution in [0.4, 0.5) is 13.9 Å². The average Bonchev–Trinajstić information content (AvgIpc) is 3.00. The highest BCUT2D eigenvalue weighted by Crippen LogP contribution is 2.26. The minimum absolute atomic E-state index is 0.248. The van der Waals surface area contributed by atoms with Gasteiger partial charge in [-0.3, -0.25) is 10.1 Å². The molecule has 0 saturated carbocycles. The van der Waals surface area contributed by atoms with Gasteiger partial charge in [-0.2, -0.15) is 0 Å². The zero-order valence-corrected chi connectivity index (χ0v) is 13.9. The maximum absolute atomic E-state index is 13.3. The summed E-state index contributed by atoms with van der Waals surface area (Å²) in [5, 5.41) is 4.83. The molecular weight excluding hydrogens is 330 g/mol. The van der Waals surface area contributed by atoms with E-state index >= 15 is 0 Å². The van der Waals surface area contributed by atoms with E-state index in [1.165, 1.54) is 17.4 Å². The van der Waals surface area contributed by atoms with Crippen LogP contribution in [0.1, 0.15) is 21.5 Å². The van der Waals surface area contributed by atoms with Gasteiger partial charge in [0.2, 0.25) is 0 Å². The number of carbonyl (C=O) groups is 1. The molecule has 2 aromatic carbocycles. The number of aryl methyl sites for hydroxylation is 2. The van der Waals surface area contributed by atoms with Crippen molar-refractivity contribution >= 4 is 22.4 Å². The second-order valence-corrected chi connectivity index (χ2v) is 6.30. The van der Waals surface area contributed by atoms with E-state index in [1.54, 1.807) is 5.38 Å². The van der Waals surface area contributed by atoms with Crippen molar-refractivity contribution < 1.29 is 13.6 Å². The molecule has 0 bridgehead atoms. The summed E-state index contributed by atoms with van der Waals surface area (Å²) in [6, 6.07) is 9.23. The molecular formula is C18H14F2N2OS. The van der Waals surface area contributed by atoms with Gasteiger partial charge in [0.15, 0.2) is 16.8 Å². The van der Waals surface area contributed by atoms with E-state index < -0.39 is 11.6 Å². The third-order valence-corrected chi connectivity index (χ3v) is 4.34. The van der Waals surface area contributed by atoms with Crippen molar-refractivity contribution in [2.24, 2.45) is 0 Å². The molecule has 122 valence electrons. The zero-order valence-electron chi connectivity index (χ0n) is 13.1. The summed E-state index contributed by atoms with van der Waals surface area (Å²) in [6.07, 6.45) is 0. The Labute approximate surface area is 142 Å². The van der Waals surface area contributed by atoms with E-state index in [-0.39, 0.29) is 5.91 Å². The van der Waals surface area contributed by atoms with Crippen molar-refractivity contribution in [3.8, 4) is 11.3 Å². The molecule has 0 aliphatic rings. The number of rotatable bonds is 3. The standard InChI is InChI=1S/C18H14F2N2OS/c1-10-3-4-11(2)13(7-10)17(23)22-18-21-16(9-24-18)12-5-6-14(19)15(20)8-12/h3-9H,1-2H3,(H,21,22,23). The fourth-order valence-electron chi connectivity index (χ4n) is 2.26. The first-order valence-corrected chi connectivity index (χ1v) is 8.11. The number of anilines is 1. The molecule has 0 spiro atoms. The van der Waals surface area contributed by atoms with Crippen LogP contribution in [0.2, 0.25) is 0 Å². The van der Waals surface area contributed by atoms with Crippen LogP contribution in [0.25, 0.3) is 11.3 Å². The Morgan fingerprint density at radius 3 is 2.62 bits per heavy atom. The second-order valence-electron chi connectivity index (χ2n) is 5.44. The van der Waals surface area contributed by atoms with Crippen LogP contribution in [-0.4, -0.2) is 10.9 Å². The molecule has 0 aliphatic carbocycles. The largest absolute Gasteiger partial charge is 0.298 e. The fourth-order valence-corrected chi connectivity index (χ4v) is 2.98. The van der Waals surface area contributed by atoms with Gasteiger partial charge in [0.05, 0.1) is 5.69 Å². The monoisotopic (exact) mass is 344 g/mol. The minimum Gasteiger partial charge on any atom is -0.298 e. The lowest BCUT2D eigenvalue weighted by Crippen LogP contribution is -2.13. The van der Waals surface area contributed by atoms with Crippen molar-refractivity contribution in [3.05, 3.63) is 70.1 Å². The number of benzene rings is 2. The van der Waals surface area contributed by atoms with E-state index in [2.05, 4.69) is 10.3 Å². The highest BCUT2D eigenvalue weighted by molar-refractivity contribution is 7.14. The van der Waals surface area contributed by atoms with Gasteiger partial charge in [0, 0.05) is 16.5 Å². The summed E-state index contributed by atoms with van der Waals surface area (Å²) in [5.74, 6) is -2.08. The Morgan fingerprint density at radius 1 is 1.08 bits per heavy atom. The van der Waals surface area contributed by atoms with Crippen LogP contribution in [0.15, 0.2) is 41.8 Å². The molecule has 0 saturated heterocycles. The minimum atomic E-state index is -0.929. The van der Waals surface area contributed by atoms with Crippen LogP contribution in [-0.2, 0) is 0 Å². The van der Waals surface area contributed by atoms with E-state index in [0.717, 1.165) is 23.3 Å². The summed E-state index contributed by atoms with van der Waals surface area (Å²) < 4.78 is 26.3. The summed E-state index contributed by atoms with van der Waals surface area (Å²) >= 11 is 1.23. The molecule has 0 atom stereocenters. The summed E-state index contributed by atoms with van der Waals surface area (Å²) in [5.41, 5.74) is 3.38. The van der Waals surface area contributed by atoms with Crippen LogP contribution < -0.4 is 5.32 Å². The number of carbonyl (C=O) groups excluding carboxylic acids is 1. The van der Waals surface area contributed by atoms with Gasteiger partial charge >= 0.3 is 0 Å². The zero-order chi connectivity index (χ0) is 17.3. The number of halogens is 2. The predicted octanol–water partition coefficient (Wildman–Crippen LogP) is 4.96. The molecule has 6 heteroatoms. The van der Waals surface area contributed by atoms with Crippen molar-refractivity contribution in [1.29, 1.82) is 0 Å². The number of aromatic nitrogens is 1. The lowest BCUT2D eigenvalue weighted by atomic mass is 10.1.